The van der Waals surface area contributed by atoms with Gasteiger partial charge in [-0.25, -0.2) is 4.98 Å². The minimum absolute atomic E-state index is 0.122. The number of thiophene rings is 1. The third-order valence-corrected chi connectivity index (χ3v) is 5.61. The van der Waals surface area contributed by atoms with E-state index in [1.165, 1.54) is 10.4 Å². The molecule has 0 aromatic carbocycles. The second kappa shape index (κ2) is 7.66. The summed E-state index contributed by atoms with van der Waals surface area (Å²) in [6, 6.07) is 7.80. The zero-order valence-electron chi connectivity index (χ0n) is 14.7. The summed E-state index contributed by atoms with van der Waals surface area (Å²) in [6.07, 6.45) is 3.83. The number of nitriles is 1. The molecule has 3 rings (SSSR count). The van der Waals surface area contributed by atoms with E-state index < -0.39 is 0 Å². The van der Waals surface area contributed by atoms with Gasteiger partial charge < -0.3 is 9.80 Å². The van der Waals surface area contributed by atoms with Gasteiger partial charge in [0, 0.05) is 37.3 Å². The Morgan fingerprint density at radius 3 is 2.80 bits per heavy atom. The first kappa shape index (κ1) is 17.4. The number of hydrogen-bond donors (Lipinski definition) is 0. The lowest BCUT2D eigenvalue weighted by atomic mass is 10.1. The van der Waals surface area contributed by atoms with E-state index in [1.54, 1.807) is 29.7 Å². The molecule has 0 spiro atoms. The zero-order valence-corrected chi connectivity index (χ0v) is 15.5. The molecule has 1 saturated heterocycles. The van der Waals surface area contributed by atoms with Crippen LogP contribution in [0.4, 0.5) is 5.82 Å². The van der Waals surface area contributed by atoms with E-state index in [4.69, 9.17) is 0 Å². The molecule has 1 aliphatic heterocycles. The first-order valence-corrected chi connectivity index (χ1v) is 9.44. The second-order valence-corrected chi connectivity index (χ2v) is 7.46. The number of carbonyl (C=O) groups excluding carboxylic acids is 1. The quantitative estimate of drug-likeness (QED) is 0.846. The number of nitrogens with zero attached hydrogens (tertiary/aromatic N) is 4. The number of carbonyl (C=O) groups is 1. The van der Waals surface area contributed by atoms with E-state index in [9.17, 15) is 10.1 Å². The summed E-state index contributed by atoms with van der Waals surface area (Å²) in [7, 11) is 0. The normalized spacial score (nSPS) is 14.4. The Hall–Kier alpha value is -2.39. The Balaban J connectivity index is 1.67. The molecule has 25 heavy (non-hydrogen) atoms. The van der Waals surface area contributed by atoms with Crippen LogP contribution < -0.4 is 4.90 Å². The Bertz CT molecular complexity index is 800. The van der Waals surface area contributed by atoms with Crippen molar-refractivity contribution < 1.29 is 4.79 Å². The fraction of sp³-hybridized carbons (Fsp3) is 0.421. The molecule has 0 N–H and O–H groups in total. The van der Waals surface area contributed by atoms with Gasteiger partial charge in [0.2, 0.25) is 0 Å². The predicted molar refractivity (Wildman–Crippen MR) is 100 cm³/mol. The maximum Gasteiger partial charge on any atom is 0.264 e. The second-order valence-electron chi connectivity index (χ2n) is 6.21. The van der Waals surface area contributed by atoms with Crippen molar-refractivity contribution in [2.24, 2.45) is 0 Å². The van der Waals surface area contributed by atoms with Gasteiger partial charge in [0.15, 0.2) is 0 Å². The number of hydrogen-bond acceptors (Lipinski definition) is 5. The summed E-state index contributed by atoms with van der Waals surface area (Å²) in [5.41, 5.74) is 1.88. The van der Waals surface area contributed by atoms with Crippen molar-refractivity contribution in [3.05, 3.63) is 45.3 Å². The molecule has 3 heterocycles. The van der Waals surface area contributed by atoms with E-state index in [2.05, 4.69) is 35.9 Å². The SMILES string of the molecule is CCCc1cc(C(=O)N2CCN(c3ncccc3C#N)CC2)sc1C. The molecule has 0 bridgehead atoms. The van der Waals surface area contributed by atoms with Crippen LogP contribution in [0.25, 0.3) is 0 Å². The lowest BCUT2D eigenvalue weighted by Gasteiger charge is -2.35. The van der Waals surface area contributed by atoms with E-state index in [0.717, 1.165) is 17.7 Å². The number of amides is 1. The van der Waals surface area contributed by atoms with Crippen molar-refractivity contribution in [3.8, 4) is 6.07 Å². The summed E-state index contributed by atoms with van der Waals surface area (Å²) in [5.74, 6) is 0.839. The molecule has 2 aromatic heterocycles. The van der Waals surface area contributed by atoms with E-state index in [0.29, 0.717) is 37.6 Å². The van der Waals surface area contributed by atoms with E-state index in [-0.39, 0.29) is 5.91 Å². The summed E-state index contributed by atoms with van der Waals surface area (Å²) in [6.45, 7) is 6.95. The summed E-state index contributed by atoms with van der Waals surface area (Å²) in [5, 5.41) is 9.23. The van der Waals surface area contributed by atoms with E-state index >= 15 is 0 Å². The summed E-state index contributed by atoms with van der Waals surface area (Å²) >= 11 is 1.60. The molecular formula is C19H22N4OS. The van der Waals surface area contributed by atoms with Gasteiger partial charge in [-0.1, -0.05) is 13.3 Å². The summed E-state index contributed by atoms with van der Waals surface area (Å²) < 4.78 is 0. The van der Waals surface area contributed by atoms with Crippen LogP contribution in [0, 0.1) is 18.3 Å². The molecule has 0 atom stereocenters. The molecule has 6 heteroatoms. The van der Waals surface area contributed by atoms with Gasteiger partial charge in [0.1, 0.15) is 11.9 Å². The van der Waals surface area contributed by atoms with Crippen molar-refractivity contribution in [1.29, 1.82) is 5.26 Å². The molecular weight excluding hydrogens is 332 g/mol. The number of piperazine rings is 1. The Morgan fingerprint density at radius 2 is 2.12 bits per heavy atom. The van der Waals surface area contributed by atoms with Crippen LogP contribution in [0.1, 0.15) is 39.0 Å². The highest BCUT2D eigenvalue weighted by molar-refractivity contribution is 7.14. The van der Waals surface area contributed by atoms with Gasteiger partial charge in [-0.15, -0.1) is 11.3 Å². The Kier molecular flexibility index (Phi) is 5.34. The Labute approximate surface area is 152 Å². The minimum Gasteiger partial charge on any atom is -0.352 e. The number of aromatic nitrogens is 1. The molecule has 0 saturated carbocycles. The van der Waals surface area contributed by atoms with E-state index in [1.807, 2.05) is 4.90 Å². The highest BCUT2D eigenvalue weighted by Crippen LogP contribution is 2.25. The number of pyridine rings is 1. The topological polar surface area (TPSA) is 60.2 Å². The highest BCUT2D eigenvalue weighted by atomic mass is 32.1. The van der Waals surface area contributed by atoms with Gasteiger partial charge in [0.05, 0.1) is 10.4 Å². The van der Waals surface area contributed by atoms with Crippen LogP contribution in [0.2, 0.25) is 0 Å². The van der Waals surface area contributed by atoms with Crippen molar-refractivity contribution in [2.75, 3.05) is 31.1 Å². The van der Waals surface area contributed by atoms with Crippen molar-refractivity contribution in [3.63, 3.8) is 0 Å². The maximum atomic E-state index is 12.8. The molecule has 1 aliphatic rings. The smallest absolute Gasteiger partial charge is 0.264 e. The molecule has 0 radical (unpaired) electrons. The standard InChI is InChI=1S/C19H22N4OS/c1-3-5-15-12-17(25-14(15)2)19(24)23-10-8-22(9-11-23)18-16(13-20)6-4-7-21-18/h4,6-7,12H,3,5,8-11H2,1-2H3. The molecule has 130 valence electrons. The van der Waals surface area contributed by atoms with Gasteiger partial charge in [-0.2, -0.15) is 5.26 Å². The van der Waals surface area contributed by atoms with Crippen LogP contribution >= 0.6 is 11.3 Å². The van der Waals surface area contributed by atoms with Crippen molar-refractivity contribution in [1.82, 2.24) is 9.88 Å². The van der Waals surface area contributed by atoms with Gasteiger partial charge in [0.25, 0.3) is 5.91 Å². The first-order valence-electron chi connectivity index (χ1n) is 8.62. The minimum atomic E-state index is 0.122. The average Bonchev–Trinajstić information content (AvgIpc) is 3.02. The fourth-order valence-corrected chi connectivity index (χ4v) is 4.20. The van der Waals surface area contributed by atoms with Crippen LogP contribution in [0.15, 0.2) is 24.4 Å². The first-order chi connectivity index (χ1) is 12.1. The molecule has 1 fully saturated rings. The van der Waals surface area contributed by atoms with Crippen LogP contribution in [0.5, 0.6) is 0 Å². The molecule has 5 nitrogen and oxygen atoms in total. The largest absolute Gasteiger partial charge is 0.352 e. The summed E-state index contributed by atoms with van der Waals surface area (Å²) in [4.78, 5) is 23.2. The predicted octanol–water partition coefficient (Wildman–Crippen LogP) is 3.24. The average molecular weight is 354 g/mol. The third-order valence-electron chi connectivity index (χ3n) is 4.52. The van der Waals surface area contributed by atoms with Crippen LogP contribution in [0.3, 0.4) is 0 Å². The molecule has 0 unspecified atom stereocenters. The molecule has 0 aliphatic carbocycles. The molecule has 2 aromatic rings. The van der Waals surface area contributed by atoms with Crippen molar-refractivity contribution in [2.45, 2.75) is 26.7 Å². The van der Waals surface area contributed by atoms with Gasteiger partial charge >= 0.3 is 0 Å². The Morgan fingerprint density at radius 1 is 1.36 bits per heavy atom. The lowest BCUT2D eigenvalue weighted by Crippen LogP contribution is -2.49. The fourth-order valence-electron chi connectivity index (χ4n) is 3.16. The zero-order chi connectivity index (χ0) is 17.8. The number of aryl methyl sites for hydroxylation is 2. The van der Waals surface area contributed by atoms with Crippen molar-refractivity contribution >= 4 is 23.1 Å². The maximum absolute atomic E-state index is 12.8. The monoisotopic (exact) mass is 354 g/mol. The molecule has 1 amide bonds. The number of rotatable bonds is 4. The van der Waals surface area contributed by atoms with Gasteiger partial charge in [-0.05, 0) is 37.1 Å². The highest BCUT2D eigenvalue weighted by Gasteiger charge is 2.25. The van der Waals surface area contributed by atoms with Crippen LogP contribution in [-0.2, 0) is 6.42 Å². The third kappa shape index (κ3) is 3.67. The lowest BCUT2D eigenvalue weighted by molar-refractivity contribution is 0.0751. The van der Waals surface area contributed by atoms with Gasteiger partial charge in [-0.3, -0.25) is 4.79 Å². The number of anilines is 1. The van der Waals surface area contributed by atoms with Crippen LogP contribution in [-0.4, -0.2) is 42.0 Å².